The first-order valence-electron chi connectivity index (χ1n) is 5.37. The Morgan fingerprint density at radius 2 is 2.16 bits per heavy atom. The summed E-state index contributed by atoms with van der Waals surface area (Å²) >= 11 is 9.12. The Bertz CT molecular complexity index is 619. The number of aromatic nitrogens is 1. The molecule has 0 unspecified atom stereocenters. The minimum Gasteiger partial charge on any atom is -0.495 e. The van der Waals surface area contributed by atoms with E-state index in [2.05, 4.69) is 26.2 Å². The lowest BCUT2D eigenvalue weighted by molar-refractivity contribution is 0.102. The van der Waals surface area contributed by atoms with Crippen LogP contribution in [0.5, 0.6) is 5.75 Å². The molecule has 0 aliphatic heterocycles. The van der Waals surface area contributed by atoms with Gasteiger partial charge in [0.05, 0.1) is 12.8 Å². The van der Waals surface area contributed by atoms with E-state index in [0.717, 1.165) is 0 Å². The number of pyridine rings is 1. The maximum atomic E-state index is 12.1. The molecule has 1 heterocycles. The van der Waals surface area contributed by atoms with Crippen molar-refractivity contribution in [3.8, 4) is 5.75 Å². The van der Waals surface area contributed by atoms with E-state index in [1.165, 1.54) is 7.11 Å². The van der Waals surface area contributed by atoms with Crippen LogP contribution in [-0.4, -0.2) is 18.0 Å². The third kappa shape index (κ3) is 3.45. The molecular weight excluding hydrogens is 332 g/mol. The minimum absolute atomic E-state index is 0.302. The number of carbonyl (C=O) groups excluding carboxylic acids is 1. The molecule has 1 N–H and O–H groups in total. The van der Waals surface area contributed by atoms with Gasteiger partial charge in [-0.3, -0.25) is 4.79 Å². The molecular formula is C13H10BrClN2O2. The van der Waals surface area contributed by atoms with Crippen molar-refractivity contribution < 1.29 is 9.53 Å². The van der Waals surface area contributed by atoms with Crippen molar-refractivity contribution >= 4 is 39.1 Å². The second kappa shape index (κ2) is 6.04. The Kier molecular flexibility index (Phi) is 4.39. The van der Waals surface area contributed by atoms with Gasteiger partial charge in [0.2, 0.25) is 0 Å². The second-order valence-corrected chi connectivity index (χ2v) is 4.89. The number of hydrogen-bond donors (Lipinski definition) is 1. The van der Waals surface area contributed by atoms with Crippen molar-refractivity contribution in [3.05, 3.63) is 51.7 Å². The van der Waals surface area contributed by atoms with Crippen molar-refractivity contribution in [3.63, 3.8) is 0 Å². The monoisotopic (exact) mass is 340 g/mol. The zero-order chi connectivity index (χ0) is 13.8. The van der Waals surface area contributed by atoms with Crippen LogP contribution in [0.25, 0.3) is 0 Å². The molecule has 19 heavy (non-hydrogen) atoms. The number of halogens is 2. The third-order valence-corrected chi connectivity index (χ3v) is 3.03. The largest absolute Gasteiger partial charge is 0.495 e. The van der Waals surface area contributed by atoms with Crippen molar-refractivity contribution in [2.75, 3.05) is 12.4 Å². The molecule has 2 rings (SSSR count). The number of anilines is 1. The van der Waals surface area contributed by atoms with Gasteiger partial charge < -0.3 is 10.1 Å². The molecule has 6 heteroatoms. The van der Waals surface area contributed by atoms with Crippen molar-refractivity contribution in [2.24, 2.45) is 0 Å². The van der Waals surface area contributed by atoms with E-state index in [1.807, 2.05) is 0 Å². The van der Waals surface area contributed by atoms with Crippen LogP contribution < -0.4 is 10.1 Å². The molecule has 0 fully saturated rings. The average molecular weight is 342 g/mol. The van der Waals surface area contributed by atoms with Crippen LogP contribution >= 0.6 is 27.5 Å². The summed E-state index contributed by atoms with van der Waals surface area (Å²) in [5.41, 5.74) is 0.804. The van der Waals surface area contributed by atoms with Crippen LogP contribution in [-0.2, 0) is 0 Å². The zero-order valence-corrected chi connectivity index (χ0v) is 12.3. The lowest BCUT2D eigenvalue weighted by atomic mass is 10.2. The fourth-order valence-corrected chi connectivity index (χ4v) is 2.01. The lowest BCUT2D eigenvalue weighted by Crippen LogP contribution is -2.14. The number of methoxy groups -OCH3 is 1. The van der Waals surface area contributed by atoms with Crippen LogP contribution in [0.2, 0.25) is 5.02 Å². The Hall–Kier alpha value is -1.59. The highest BCUT2D eigenvalue weighted by Gasteiger charge is 2.11. The fraction of sp³-hybridized carbons (Fsp3) is 0.0769. The molecule has 1 amide bonds. The van der Waals surface area contributed by atoms with Gasteiger partial charge in [-0.2, -0.15) is 0 Å². The van der Waals surface area contributed by atoms with Gasteiger partial charge in [0.25, 0.3) is 5.91 Å². The van der Waals surface area contributed by atoms with Crippen LogP contribution in [0.1, 0.15) is 10.5 Å². The maximum Gasteiger partial charge on any atom is 0.274 e. The first kappa shape index (κ1) is 13.8. The predicted molar refractivity (Wildman–Crippen MR) is 77.9 cm³/mol. The standard InChI is InChI=1S/C13H10BrClN2O2/c1-19-11-6-5-8(15)7-10(11)17-13(18)9-3-2-4-12(14)16-9/h2-7H,1H3,(H,17,18). The molecule has 0 aliphatic rings. The molecule has 0 spiro atoms. The number of rotatable bonds is 3. The van der Waals surface area contributed by atoms with Crippen molar-refractivity contribution in [1.82, 2.24) is 4.98 Å². The quantitative estimate of drug-likeness (QED) is 0.865. The summed E-state index contributed by atoms with van der Waals surface area (Å²) in [6.45, 7) is 0. The van der Waals surface area contributed by atoms with Gasteiger partial charge >= 0.3 is 0 Å². The Balaban J connectivity index is 2.26. The molecule has 98 valence electrons. The molecule has 0 radical (unpaired) electrons. The molecule has 1 aromatic heterocycles. The van der Waals surface area contributed by atoms with Gasteiger partial charge in [-0.25, -0.2) is 4.98 Å². The van der Waals surface area contributed by atoms with Gasteiger partial charge in [0, 0.05) is 5.02 Å². The Labute approximate surface area is 123 Å². The molecule has 1 aromatic carbocycles. The number of carbonyl (C=O) groups is 1. The molecule has 4 nitrogen and oxygen atoms in total. The van der Waals surface area contributed by atoms with Gasteiger partial charge in [0.15, 0.2) is 0 Å². The van der Waals surface area contributed by atoms with Gasteiger partial charge in [-0.1, -0.05) is 17.7 Å². The molecule has 0 saturated heterocycles. The van der Waals surface area contributed by atoms with E-state index in [9.17, 15) is 4.79 Å². The summed E-state index contributed by atoms with van der Waals surface area (Å²) in [7, 11) is 1.52. The highest BCUT2D eigenvalue weighted by Crippen LogP contribution is 2.28. The highest BCUT2D eigenvalue weighted by atomic mass is 79.9. The molecule has 0 saturated carbocycles. The lowest BCUT2D eigenvalue weighted by Gasteiger charge is -2.10. The summed E-state index contributed by atoms with van der Waals surface area (Å²) in [5, 5.41) is 3.23. The van der Waals surface area contributed by atoms with Crippen LogP contribution in [0.4, 0.5) is 5.69 Å². The van der Waals surface area contributed by atoms with Gasteiger partial charge in [0.1, 0.15) is 16.0 Å². The summed E-state index contributed by atoms with van der Waals surface area (Å²) in [6, 6.07) is 10.1. The molecule has 0 atom stereocenters. The first-order chi connectivity index (χ1) is 9.10. The SMILES string of the molecule is COc1ccc(Cl)cc1NC(=O)c1cccc(Br)n1. The fourth-order valence-electron chi connectivity index (χ4n) is 1.50. The first-order valence-corrected chi connectivity index (χ1v) is 6.54. The van der Waals surface area contributed by atoms with Crippen LogP contribution in [0, 0.1) is 0 Å². The predicted octanol–water partition coefficient (Wildman–Crippen LogP) is 3.76. The zero-order valence-electron chi connectivity index (χ0n) is 9.98. The maximum absolute atomic E-state index is 12.1. The highest BCUT2D eigenvalue weighted by molar-refractivity contribution is 9.10. The van der Waals surface area contributed by atoms with Gasteiger partial charge in [-0.05, 0) is 46.3 Å². The smallest absolute Gasteiger partial charge is 0.274 e. The second-order valence-electron chi connectivity index (χ2n) is 3.64. The van der Waals surface area contributed by atoms with E-state index in [4.69, 9.17) is 16.3 Å². The van der Waals surface area contributed by atoms with E-state index < -0.39 is 0 Å². The van der Waals surface area contributed by atoms with Crippen LogP contribution in [0.15, 0.2) is 41.0 Å². The number of nitrogens with zero attached hydrogens (tertiary/aromatic N) is 1. The van der Waals surface area contributed by atoms with E-state index in [0.29, 0.717) is 26.8 Å². The molecule has 2 aromatic rings. The van der Waals surface area contributed by atoms with E-state index in [1.54, 1.807) is 36.4 Å². The summed E-state index contributed by atoms with van der Waals surface area (Å²) < 4.78 is 5.75. The normalized spacial score (nSPS) is 10.1. The summed E-state index contributed by atoms with van der Waals surface area (Å²) in [4.78, 5) is 16.1. The average Bonchev–Trinajstić information content (AvgIpc) is 2.39. The number of hydrogen-bond acceptors (Lipinski definition) is 3. The van der Waals surface area contributed by atoms with Crippen LogP contribution in [0.3, 0.4) is 0 Å². The Morgan fingerprint density at radius 3 is 2.84 bits per heavy atom. The number of benzene rings is 1. The van der Waals surface area contributed by atoms with Crippen molar-refractivity contribution in [1.29, 1.82) is 0 Å². The number of amides is 1. The molecule has 0 bridgehead atoms. The number of nitrogens with one attached hydrogen (secondary N) is 1. The van der Waals surface area contributed by atoms with E-state index >= 15 is 0 Å². The third-order valence-electron chi connectivity index (χ3n) is 2.36. The van der Waals surface area contributed by atoms with Crippen molar-refractivity contribution in [2.45, 2.75) is 0 Å². The topological polar surface area (TPSA) is 51.2 Å². The van der Waals surface area contributed by atoms with E-state index in [-0.39, 0.29) is 5.91 Å². The number of ether oxygens (including phenoxy) is 1. The Morgan fingerprint density at radius 1 is 1.37 bits per heavy atom. The minimum atomic E-state index is -0.332. The summed E-state index contributed by atoms with van der Waals surface area (Å²) in [6.07, 6.45) is 0. The van der Waals surface area contributed by atoms with Gasteiger partial charge in [-0.15, -0.1) is 0 Å². The molecule has 0 aliphatic carbocycles. The summed E-state index contributed by atoms with van der Waals surface area (Å²) in [5.74, 6) is 0.203.